The fraction of sp³-hybridized carbons (Fsp3) is 0.400. The number of aromatic nitrogens is 1. The zero-order chi connectivity index (χ0) is 12.4. The van der Waals surface area contributed by atoms with E-state index in [1.54, 1.807) is 0 Å². The molecular formula is C15H17N3. The minimum atomic E-state index is 0.732. The predicted octanol–water partition coefficient (Wildman–Crippen LogP) is 2.66. The van der Waals surface area contributed by atoms with Crippen LogP contribution >= 0.6 is 0 Å². The normalized spacial score (nSPS) is 14.8. The van der Waals surface area contributed by atoms with Crippen molar-refractivity contribution in [1.82, 2.24) is 9.88 Å². The molecule has 0 atom stereocenters. The van der Waals surface area contributed by atoms with Gasteiger partial charge in [0, 0.05) is 29.7 Å². The van der Waals surface area contributed by atoms with Crippen molar-refractivity contribution >= 4 is 10.9 Å². The Morgan fingerprint density at radius 1 is 1.33 bits per heavy atom. The quantitative estimate of drug-likeness (QED) is 0.815. The average Bonchev–Trinajstić information content (AvgIpc) is 3.14. The van der Waals surface area contributed by atoms with Gasteiger partial charge in [0.1, 0.15) is 0 Å². The fourth-order valence-electron chi connectivity index (χ4n) is 2.31. The summed E-state index contributed by atoms with van der Waals surface area (Å²) in [5.74, 6) is 0. The second-order valence-corrected chi connectivity index (χ2v) is 4.98. The van der Waals surface area contributed by atoms with E-state index in [2.05, 4.69) is 28.2 Å². The maximum absolute atomic E-state index is 8.87. The number of benzene rings is 1. The molecule has 1 fully saturated rings. The monoisotopic (exact) mass is 239 g/mol. The van der Waals surface area contributed by atoms with Gasteiger partial charge in [-0.25, -0.2) is 0 Å². The summed E-state index contributed by atoms with van der Waals surface area (Å²) in [6.07, 6.45) is 5.97. The van der Waals surface area contributed by atoms with Crippen LogP contribution in [0.25, 0.3) is 10.9 Å². The number of hydrogen-bond donors (Lipinski definition) is 1. The summed E-state index contributed by atoms with van der Waals surface area (Å²) in [4.78, 5) is 0. The van der Waals surface area contributed by atoms with Gasteiger partial charge in [0.05, 0.1) is 11.6 Å². The van der Waals surface area contributed by atoms with E-state index in [9.17, 15) is 0 Å². The number of fused-ring (bicyclic) bond motifs is 1. The van der Waals surface area contributed by atoms with E-state index < -0.39 is 0 Å². The third-order valence-corrected chi connectivity index (χ3v) is 3.49. The van der Waals surface area contributed by atoms with Crippen molar-refractivity contribution in [2.75, 3.05) is 6.54 Å². The highest BCUT2D eigenvalue weighted by atomic mass is 15.0. The molecule has 2 aromatic rings. The maximum atomic E-state index is 8.87. The van der Waals surface area contributed by atoms with Crippen molar-refractivity contribution in [2.45, 2.75) is 31.8 Å². The minimum Gasteiger partial charge on any atom is -0.347 e. The van der Waals surface area contributed by atoms with Gasteiger partial charge in [0.15, 0.2) is 0 Å². The Kier molecular flexibility index (Phi) is 3.04. The molecule has 1 aromatic carbocycles. The second kappa shape index (κ2) is 4.83. The van der Waals surface area contributed by atoms with Gasteiger partial charge >= 0.3 is 0 Å². The van der Waals surface area contributed by atoms with Gasteiger partial charge in [-0.15, -0.1) is 0 Å². The maximum Gasteiger partial charge on any atom is 0.0991 e. The molecule has 0 spiro atoms. The molecule has 0 amide bonds. The van der Waals surface area contributed by atoms with E-state index in [1.165, 1.54) is 18.4 Å². The Morgan fingerprint density at radius 3 is 3.00 bits per heavy atom. The molecule has 1 saturated carbocycles. The van der Waals surface area contributed by atoms with Crippen LogP contribution in [-0.4, -0.2) is 17.2 Å². The third-order valence-electron chi connectivity index (χ3n) is 3.49. The van der Waals surface area contributed by atoms with Crippen LogP contribution in [0.2, 0.25) is 0 Å². The van der Waals surface area contributed by atoms with Crippen molar-refractivity contribution in [3.05, 3.63) is 36.0 Å². The van der Waals surface area contributed by atoms with Crippen molar-refractivity contribution < 1.29 is 0 Å². The minimum absolute atomic E-state index is 0.732. The Balaban J connectivity index is 1.66. The summed E-state index contributed by atoms with van der Waals surface area (Å²) in [7, 11) is 0. The molecule has 1 N–H and O–H groups in total. The van der Waals surface area contributed by atoms with Crippen LogP contribution in [0.1, 0.15) is 24.8 Å². The number of nitriles is 1. The first-order valence-corrected chi connectivity index (χ1v) is 6.59. The highest BCUT2D eigenvalue weighted by molar-refractivity contribution is 5.81. The van der Waals surface area contributed by atoms with E-state index >= 15 is 0 Å². The molecule has 1 aliphatic rings. The molecule has 1 heterocycles. The molecule has 0 unspecified atom stereocenters. The summed E-state index contributed by atoms with van der Waals surface area (Å²) in [6, 6.07) is 11.0. The van der Waals surface area contributed by atoms with Gasteiger partial charge in [-0.05, 0) is 50.1 Å². The molecule has 3 heteroatoms. The third kappa shape index (κ3) is 2.39. The largest absolute Gasteiger partial charge is 0.347 e. The van der Waals surface area contributed by atoms with Gasteiger partial charge in [0.25, 0.3) is 0 Å². The summed E-state index contributed by atoms with van der Waals surface area (Å²) in [6.45, 7) is 2.13. The van der Waals surface area contributed by atoms with Crippen LogP contribution in [0.5, 0.6) is 0 Å². The first-order chi connectivity index (χ1) is 8.86. The van der Waals surface area contributed by atoms with E-state index in [4.69, 9.17) is 5.26 Å². The van der Waals surface area contributed by atoms with Crippen molar-refractivity contribution in [3.63, 3.8) is 0 Å². The first kappa shape index (κ1) is 11.3. The number of aryl methyl sites for hydroxylation is 1. The smallest absolute Gasteiger partial charge is 0.0991 e. The van der Waals surface area contributed by atoms with Crippen LogP contribution in [0.3, 0.4) is 0 Å². The molecule has 18 heavy (non-hydrogen) atoms. The second-order valence-electron chi connectivity index (χ2n) is 4.98. The van der Waals surface area contributed by atoms with Gasteiger partial charge in [-0.2, -0.15) is 5.26 Å². The fourth-order valence-corrected chi connectivity index (χ4v) is 2.31. The summed E-state index contributed by atoms with van der Waals surface area (Å²) in [5.41, 5.74) is 1.95. The van der Waals surface area contributed by atoms with E-state index in [0.717, 1.165) is 36.5 Å². The molecule has 3 rings (SSSR count). The Hall–Kier alpha value is -1.79. The lowest BCUT2D eigenvalue weighted by Gasteiger charge is -2.06. The Labute approximate surface area is 107 Å². The molecule has 0 bridgehead atoms. The highest BCUT2D eigenvalue weighted by Crippen LogP contribution is 2.19. The first-order valence-electron chi connectivity index (χ1n) is 6.59. The van der Waals surface area contributed by atoms with Crippen LogP contribution in [0, 0.1) is 11.3 Å². The Morgan fingerprint density at radius 2 is 2.22 bits per heavy atom. The number of nitrogens with zero attached hydrogens (tertiary/aromatic N) is 2. The lowest BCUT2D eigenvalue weighted by molar-refractivity contribution is 0.588. The van der Waals surface area contributed by atoms with Crippen LogP contribution in [0.15, 0.2) is 30.5 Å². The van der Waals surface area contributed by atoms with Gasteiger partial charge in [0.2, 0.25) is 0 Å². The molecular weight excluding hydrogens is 222 g/mol. The van der Waals surface area contributed by atoms with Gasteiger partial charge in [-0.1, -0.05) is 0 Å². The number of nitrogens with one attached hydrogen (secondary N) is 1. The summed E-state index contributed by atoms with van der Waals surface area (Å²) < 4.78 is 2.27. The van der Waals surface area contributed by atoms with Crippen molar-refractivity contribution in [3.8, 4) is 6.07 Å². The zero-order valence-corrected chi connectivity index (χ0v) is 10.4. The van der Waals surface area contributed by atoms with Crippen LogP contribution < -0.4 is 5.32 Å². The SMILES string of the molecule is N#Cc1ccc2c(ccn2CCCNC2CC2)c1. The predicted molar refractivity (Wildman–Crippen MR) is 72.3 cm³/mol. The molecule has 92 valence electrons. The van der Waals surface area contributed by atoms with E-state index in [1.807, 2.05) is 18.2 Å². The van der Waals surface area contributed by atoms with Gasteiger partial charge in [-0.3, -0.25) is 0 Å². The molecule has 0 aliphatic heterocycles. The molecule has 3 nitrogen and oxygen atoms in total. The molecule has 1 aromatic heterocycles. The lowest BCUT2D eigenvalue weighted by atomic mass is 10.2. The van der Waals surface area contributed by atoms with Crippen molar-refractivity contribution in [1.29, 1.82) is 5.26 Å². The zero-order valence-electron chi connectivity index (χ0n) is 10.4. The molecule has 0 radical (unpaired) electrons. The van der Waals surface area contributed by atoms with Crippen LogP contribution in [0.4, 0.5) is 0 Å². The summed E-state index contributed by atoms with van der Waals surface area (Å²) >= 11 is 0. The van der Waals surface area contributed by atoms with Crippen LogP contribution in [-0.2, 0) is 6.54 Å². The standard InChI is InChI=1S/C15H17N3/c16-11-12-2-5-15-13(10-12)6-9-18(15)8-1-7-17-14-3-4-14/h2,5-6,9-10,14,17H,1,3-4,7-8H2. The molecule has 1 aliphatic carbocycles. The van der Waals surface area contributed by atoms with E-state index in [0.29, 0.717) is 0 Å². The Bertz CT molecular complexity index is 587. The topological polar surface area (TPSA) is 40.8 Å². The average molecular weight is 239 g/mol. The van der Waals surface area contributed by atoms with Crippen molar-refractivity contribution in [2.24, 2.45) is 0 Å². The number of hydrogen-bond acceptors (Lipinski definition) is 2. The van der Waals surface area contributed by atoms with Gasteiger partial charge < -0.3 is 9.88 Å². The highest BCUT2D eigenvalue weighted by Gasteiger charge is 2.19. The number of rotatable bonds is 5. The molecule has 0 saturated heterocycles. The van der Waals surface area contributed by atoms with E-state index in [-0.39, 0.29) is 0 Å². The summed E-state index contributed by atoms with van der Waals surface area (Å²) in [5, 5.41) is 13.6. The lowest BCUT2D eigenvalue weighted by Crippen LogP contribution is -2.18.